The predicted molar refractivity (Wildman–Crippen MR) is 75.7 cm³/mol. The Morgan fingerprint density at radius 1 is 1.37 bits per heavy atom. The van der Waals surface area contributed by atoms with Crippen LogP contribution in [0.5, 0.6) is 0 Å². The highest BCUT2D eigenvalue weighted by Gasteiger charge is 2.41. The SMILES string of the molecule is COC1(C(=O)NCC2(C)CCCO2)CCNCC1.Cl. The van der Waals surface area contributed by atoms with E-state index in [0.29, 0.717) is 6.54 Å². The monoisotopic (exact) mass is 292 g/mol. The molecule has 0 aromatic heterocycles. The van der Waals surface area contributed by atoms with Crippen LogP contribution in [0.15, 0.2) is 0 Å². The van der Waals surface area contributed by atoms with Crippen LogP contribution in [0.2, 0.25) is 0 Å². The summed E-state index contributed by atoms with van der Waals surface area (Å²) < 4.78 is 11.2. The molecule has 2 heterocycles. The maximum Gasteiger partial charge on any atom is 0.252 e. The molecule has 19 heavy (non-hydrogen) atoms. The summed E-state index contributed by atoms with van der Waals surface area (Å²) in [5.41, 5.74) is -0.849. The lowest BCUT2D eigenvalue weighted by molar-refractivity contribution is -0.147. The van der Waals surface area contributed by atoms with Gasteiger partial charge < -0.3 is 20.1 Å². The van der Waals surface area contributed by atoms with E-state index in [4.69, 9.17) is 9.47 Å². The van der Waals surface area contributed by atoms with Crippen LogP contribution in [0, 0.1) is 0 Å². The van der Waals surface area contributed by atoms with Crippen LogP contribution < -0.4 is 10.6 Å². The first-order chi connectivity index (χ1) is 8.60. The largest absolute Gasteiger partial charge is 0.373 e. The van der Waals surface area contributed by atoms with Crippen molar-refractivity contribution in [2.75, 3.05) is 33.4 Å². The van der Waals surface area contributed by atoms with Crippen LogP contribution in [0.25, 0.3) is 0 Å². The molecule has 0 aliphatic carbocycles. The van der Waals surface area contributed by atoms with Crippen LogP contribution in [0.1, 0.15) is 32.6 Å². The Morgan fingerprint density at radius 2 is 2.05 bits per heavy atom. The average molecular weight is 293 g/mol. The molecule has 2 saturated heterocycles. The van der Waals surface area contributed by atoms with Gasteiger partial charge in [-0.05, 0) is 45.7 Å². The molecule has 0 saturated carbocycles. The lowest BCUT2D eigenvalue weighted by atomic mass is 9.90. The van der Waals surface area contributed by atoms with Crippen molar-refractivity contribution in [2.45, 2.75) is 43.8 Å². The number of amides is 1. The Kier molecular flexibility index (Phi) is 6.05. The summed E-state index contributed by atoms with van der Waals surface area (Å²) in [7, 11) is 1.62. The third kappa shape index (κ3) is 3.81. The van der Waals surface area contributed by atoms with Crippen molar-refractivity contribution in [3.05, 3.63) is 0 Å². The highest BCUT2D eigenvalue weighted by Crippen LogP contribution is 2.26. The summed E-state index contributed by atoms with van der Waals surface area (Å²) in [6.45, 7) is 5.09. The number of halogens is 1. The molecule has 1 unspecified atom stereocenters. The third-order valence-electron chi connectivity index (χ3n) is 4.14. The number of hydrogen-bond acceptors (Lipinski definition) is 4. The van der Waals surface area contributed by atoms with Gasteiger partial charge in [-0.15, -0.1) is 12.4 Å². The molecule has 0 radical (unpaired) electrons. The predicted octanol–water partition coefficient (Wildman–Crippen LogP) is 0.862. The van der Waals surface area contributed by atoms with Gasteiger partial charge in [0.15, 0.2) is 0 Å². The summed E-state index contributed by atoms with van der Waals surface area (Å²) in [5, 5.41) is 6.26. The Balaban J connectivity index is 0.00000180. The minimum absolute atomic E-state index is 0. The van der Waals surface area contributed by atoms with Crippen LogP contribution in [0.4, 0.5) is 0 Å². The number of methoxy groups -OCH3 is 1. The van der Waals surface area contributed by atoms with Crippen molar-refractivity contribution in [1.82, 2.24) is 10.6 Å². The number of piperidine rings is 1. The van der Waals surface area contributed by atoms with Crippen LogP contribution in [-0.4, -0.2) is 50.5 Å². The molecule has 1 amide bonds. The fourth-order valence-corrected chi connectivity index (χ4v) is 2.76. The number of ether oxygens (including phenoxy) is 2. The fraction of sp³-hybridized carbons (Fsp3) is 0.923. The molecule has 2 N–H and O–H groups in total. The van der Waals surface area contributed by atoms with Crippen molar-refractivity contribution < 1.29 is 14.3 Å². The first kappa shape index (κ1) is 16.7. The summed E-state index contributed by atoms with van der Waals surface area (Å²) in [6, 6.07) is 0. The Bertz CT molecular complexity index is 300. The van der Waals surface area contributed by atoms with Gasteiger partial charge in [0.25, 0.3) is 5.91 Å². The lowest BCUT2D eigenvalue weighted by Gasteiger charge is -2.35. The van der Waals surface area contributed by atoms with E-state index >= 15 is 0 Å². The van der Waals surface area contributed by atoms with E-state index in [0.717, 1.165) is 45.4 Å². The molecule has 2 aliphatic heterocycles. The van der Waals surface area contributed by atoms with E-state index in [-0.39, 0.29) is 23.9 Å². The average Bonchev–Trinajstić information content (AvgIpc) is 2.84. The van der Waals surface area contributed by atoms with Crippen molar-refractivity contribution in [3.8, 4) is 0 Å². The van der Waals surface area contributed by atoms with Gasteiger partial charge in [-0.3, -0.25) is 4.79 Å². The van der Waals surface area contributed by atoms with Gasteiger partial charge >= 0.3 is 0 Å². The molecule has 112 valence electrons. The molecule has 5 nitrogen and oxygen atoms in total. The quantitative estimate of drug-likeness (QED) is 0.807. The van der Waals surface area contributed by atoms with E-state index in [9.17, 15) is 4.79 Å². The second-order valence-corrected chi connectivity index (χ2v) is 5.53. The second-order valence-electron chi connectivity index (χ2n) is 5.53. The van der Waals surface area contributed by atoms with E-state index in [2.05, 4.69) is 17.6 Å². The Labute approximate surface area is 121 Å². The van der Waals surface area contributed by atoms with E-state index < -0.39 is 5.60 Å². The fourth-order valence-electron chi connectivity index (χ4n) is 2.76. The topological polar surface area (TPSA) is 59.6 Å². The highest BCUT2D eigenvalue weighted by atomic mass is 35.5. The summed E-state index contributed by atoms with van der Waals surface area (Å²) in [6.07, 6.45) is 3.54. The smallest absolute Gasteiger partial charge is 0.252 e. The third-order valence-corrected chi connectivity index (χ3v) is 4.14. The minimum Gasteiger partial charge on any atom is -0.373 e. The molecule has 2 rings (SSSR count). The summed E-state index contributed by atoms with van der Waals surface area (Å²) in [5.74, 6) is 0.00299. The van der Waals surface area contributed by atoms with Gasteiger partial charge in [0, 0.05) is 20.3 Å². The van der Waals surface area contributed by atoms with Gasteiger partial charge in [0.1, 0.15) is 5.60 Å². The van der Waals surface area contributed by atoms with Crippen LogP contribution in [-0.2, 0) is 14.3 Å². The number of carbonyl (C=O) groups excluding carboxylic acids is 1. The molecule has 1 atom stereocenters. The zero-order chi connectivity index (χ0) is 13.1. The standard InChI is InChI=1S/C13H24N2O3.ClH/c1-12(4-3-9-18-12)10-15-11(16)13(17-2)5-7-14-8-6-13;/h14H,3-10H2,1-2H3,(H,15,16);1H. The van der Waals surface area contributed by atoms with Gasteiger partial charge in [-0.25, -0.2) is 0 Å². The number of carbonyl (C=O) groups is 1. The Hall–Kier alpha value is -0.360. The molecule has 2 aliphatic rings. The van der Waals surface area contributed by atoms with Crippen molar-refractivity contribution in [2.24, 2.45) is 0 Å². The van der Waals surface area contributed by atoms with Gasteiger partial charge in [-0.2, -0.15) is 0 Å². The van der Waals surface area contributed by atoms with Crippen LogP contribution >= 0.6 is 12.4 Å². The first-order valence-electron chi connectivity index (χ1n) is 6.78. The molecule has 0 bridgehead atoms. The highest BCUT2D eigenvalue weighted by molar-refractivity contribution is 5.85. The van der Waals surface area contributed by atoms with E-state index in [1.807, 2.05) is 0 Å². The zero-order valence-electron chi connectivity index (χ0n) is 11.8. The van der Waals surface area contributed by atoms with Crippen molar-refractivity contribution in [1.29, 1.82) is 0 Å². The minimum atomic E-state index is -0.653. The van der Waals surface area contributed by atoms with Gasteiger partial charge in [0.05, 0.1) is 5.60 Å². The van der Waals surface area contributed by atoms with Gasteiger partial charge in [-0.1, -0.05) is 0 Å². The van der Waals surface area contributed by atoms with Crippen LogP contribution in [0.3, 0.4) is 0 Å². The lowest BCUT2D eigenvalue weighted by Crippen LogP contribution is -2.56. The molecule has 6 heteroatoms. The number of nitrogens with one attached hydrogen (secondary N) is 2. The second kappa shape index (κ2) is 6.88. The first-order valence-corrected chi connectivity index (χ1v) is 6.78. The van der Waals surface area contributed by atoms with Crippen molar-refractivity contribution >= 4 is 18.3 Å². The maximum atomic E-state index is 12.3. The molecule has 0 spiro atoms. The molecular formula is C13H25ClN2O3. The zero-order valence-corrected chi connectivity index (χ0v) is 12.6. The molecule has 0 aromatic rings. The number of hydrogen-bond donors (Lipinski definition) is 2. The summed E-state index contributed by atoms with van der Waals surface area (Å²) in [4.78, 5) is 12.3. The molecule has 2 fully saturated rings. The maximum absolute atomic E-state index is 12.3. The van der Waals surface area contributed by atoms with Gasteiger partial charge in [0.2, 0.25) is 0 Å². The van der Waals surface area contributed by atoms with E-state index in [1.165, 1.54) is 0 Å². The van der Waals surface area contributed by atoms with E-state index in [1.54, 1.807) is 7.11 Å². The summed E-state index contributed by atoms with van der Waals surface area (Å²) >= 11 is 0. The molecule has 0 aromatic carbocycles. The number of rotatable bonds is 4. The van der Waals surface area contributed by atoms with Crippen molar-refractivity contribution in [3.63, 3.8) is 0 Å². The Morgan fingerprint density at radius 3 is 2.58 bits per heavy atom. The molecular weight excluding hydrogens is 268 g/mol. The normalized spacial score (nSPS) is 29.6.